The highest BCUT2D eigenvalue weighted by atomic mass is 16.4. The molecule has 0 aliphatic carbocycles. The molecule has 0 amide bonds. The van der Waals surface area contributed by atoms with Gasteiger partial charge in [0.25, 0.3) is 0 Å². The first-order chi connectivity index (χ1) is 6.29. The SMILES string of the molecule is O=C(O)c1c[c]nc2ccccc12. The predicted molar refractivity (Wildman–Crippen MR) is 47.5 cm³/mol. The van der Waals surface area contributed by atoms with Crippen molar-refractivity contribution in [2.75, 3.05) is 0 Å². The average Bonchev–Trinajstić information content (AvgIpc) is 2.17. The van der Waals surface area contributed by atoms with Crippen molar-refractivity contribution in [1.82, 2.24) is 4.98 Å². The average molecular weight is 172 g/mol. The van der Waals surface area contributed by atoms with Crippen LogP contribution in [0, 0.1) is 6.20 Å². The summed E-state index contributed by atoms with van der Waals surface area (Å²) in [5, 5.41) is 9.48. The maximum absolute atomic E-state index is 10.8. The third-order valence-corrected chi connectivity index (χ3v) is 1.82. The molecule has 63 valence electrons. The van der Waals surface area contributed by atoms with E-state index in [1.807, 2.05) is 6.07 Å². The number of carboxylic acids is 1. The summed E-state index contributed by atoms with van der Waals surface area (Å²) < 4.78 is 0. The van der Waals surface area contributed by atoms with E-state index < -0.39 is 5.97 Å². The number of hydrogen-bond donors (Lipinski definition) is 1. The van der Waals surface area contributed by atoms with Gasteiger partial charge in [0.2, 0.25) is 0 Å². The van der Waals surface area contributed by atoms with Crippen LogP contribution in [-0.4, -0.2) is 16.1 Å². The molecule has 1 radical (unpaired) electrons. The molecule has 0 atom stereocenters. The predicted octanol–water partition coefficient (Wildman–Crippen LogP) is 1.73. The molecule has 1 aromatic heterocycles. The van der Waals surface area contributed by atoms with Gasteiger partial charge in [-0.1, -0.05) is 18.2 Å². The second kappa shape index (κ2) is 2.86. The number of benzene rings is 1. The molecule has 2 rings (SSSR count). The Kier molecular flexibility index (Phi) is 1.70. The Balaban J connectivity index is 2.83. The van der Waals surface area contributed by atoms with Crippen LogP contribution in [0.3, 0.4) is 0 Å². The van der Waals surface area contributed by atoms with Crippen LogP contribution < -0.4 is 0 Å². The van der Waals surface area contributed by atoms with Crippen molar-refractivity contribution in [3.63, 3.8) is 0 Å². The van der Waals surface area contributed by atoms with E-state index in [1.165, 1.54) is 6.07 Å². The van der Waals surface area contributed by atoms with Crippen LogP contribution in [0.25, 0.3) is 10.9 Å². The fourth-order valence-electron chi connectivity index (χ4n) is 1.22. The van der Waals surface area contributed by atoms with Crippen LogP contribution in [0.1, 0.15) is 10.4 Å². The summed E-state index contributed by atoms with van der Waals surface area (Å²) in [5.74, 6) is -0.949. The number of fused-ring (bicyclic) bond motifs is 1. The molecule has 0 aliphatic heterocycles. The van der Waals surface area contributed by atoms with Crippen LogP contribution in [0.5, 0.6) is 0 Å². The molecular weight excluding hydrogens is 166 g/mol. The summed E-state index contributed by atoms with van der Waals surface area (Å²) in [5.41, 5.74) is 0.896. The molecule has 0 spiro atoms. The molecule has 0 saturated heterocycles. The number of hydrogen-bond acceptors (Lipinski definition) is 2. The lowest BCUT2D eigenvalue weighted by Gasteiger charge is -1.99. The van der Waals surface area contributed by atoms with Crippen molar-refractivity contribution >= 4 is 16.9 Å². The number of carbonyl (C=O) groups is 1. The smallest absolute Gasteiger partial charge is 0.336 e. The van der Waals surface area contributed by atoms with Crippen molar-refractivity contribution in [1.29, 1.82) is 0 Å². The van der Waals surface area contributed by atoms with Gasteiger partial charge in [-0.15, -0.1) is 0 Å². The van der Waals surface area contributed by atoms with Gasteiger partial charge in [-0.05, 0) is 12.1 Å². The van der Waals surface area contributed by atoms with E-state index in [1.54, 1.807) is 18.2 Å². The fourth-order valence-corrected chi connectivity index (χ4v) is 1.22. The number of nitrogens with zero attached hydrogens (tertiary/aromatic N) is 1. The normalized spacial score (nSPS) is 10.2. The first-order valence-corrected chi connectivity index (χ1v) is 3.78. The molecular formula is C10H6NO2. The van der Waals surface area contributed by atoms with Crippen LogP contribution >= 0.6 is 0 Å². The quantitative estimate of drug-likeness (QED) is 0.712. The Morgan fingerprint density at radius 3 is 2.92 bits per heavy atom. The number of aromatic nitrogens is 1. The topological polar surface area (TPSA) is 50.2 Å². The first-order valence-electron chi connectivity index (χ1n) is 3.78. The van der Waals surface area contributed by atoms with Crippen LogP contribution in [0.15, 0.2) is 30.3 Å². The van der Waals surface area contributed by atoms with Crippen LogP contribution in [0.2, 0.25) is 0 Å². The zero-order valence-electron chi connectivity index (χ0n) is 6.69. The van der Waals surface area contributed by atoms with Gasteiger partial charge in [-0.3, -0.25) is 0 Å². The van der Waals surface area contributed by atoms with Crippen LogP contribution in [-0.2, 0) is 0 Å². The third kappa shape index (κ3) is 1.24. The lowest BCUT2D eigenvalue weighted by Crippen LogP contribution is -1.97. The molecule has 0 unspecified atom stereocenters. The summed E-state index contributed by atoms with van der Waals surface area (Å²) in [6.07, 6.45) is 2.55. The minimum Gasteiger partial charge on any atom is -0.478 e. The molecule has 2 aromatic rings. The highest BCUT2D eigenvalue weighted by molar-refractivity contribution is 6.02. The fraction of sp³-hybridized carbons (Fsp3) is 0. The molecule has 1 heterocycles. The van der Waals surface area contributed by atoms with Crippen LogP contribution in [0.4, 0.5) is 0 Å². The van der Waals surface area contributed by atoms with E-state index in [-0.39, 0.29) is 5.56 Å². The third-order valence-electron chi connectivity index (χ3n) is 1.82. The van der Waals surface area contributed by atoms with Crippen molar-refractivity contribution < 1.29 is 9.90 Å². The van der Waals surface area contributed by atoms with E-state index in [2.05, 4.69) is 11.2 Å². The van der Waals surface area contributed by atoms with E-state index in [0.29, 0.717) is 10.9 Å². The molecule has 0 fully saturated rings. The maximum atomic E-state index is 10.8. The summed E-state index contributed by atoms with van der Waals surface area (Å²) in [6, 6.07) is 8.48. The Bertz CT molecular complexity index is 460. The van der Waals surface area contributed by atoms with Gasteiger partial charge in [0.15, 0.2) is 0 Å². The molecule has 3 nitrogen and oxygen atoms in total. The van der Waals surface area contributed by atoms with Crippen molar-refractivity contribution in [3.05, 3.63) is 42.1 Å². The summed E-state index contributed by atoms with van der Waals surface area (Å²) in [7, 11) is 0. The van der Waals surface area contributed by atoms with Crippen molar-refractivity contribution in [2.24, 2.45) is 0 Å². The van der Waals surface area contributed by atoms with E-state index in [0.717, 1.165) is 0 Å². The van der Waals surface area contributed by atoms with Gasteiger partial charge in [0.05, 0.1) is 17.3 Å². The number of rotatable bonds is 1. The zero-order chi connectivity index (χ0) is 9.26. The molecule has 1 N–H and O–H groups in total. The Morgan fingerprint density at radius 1 is 1.38 bits per heavy atom. The van der Waals surface area contributed by atoms with Gasteiger partial charge in [0.1, 0.15) is 0 Å². The molecule has 3 heteroatoms. The van der Waals surface area contributed by atoms with Gasteiger partial charge < -0.3 is 5.11 Å². The maximum Gasteiger partial charge on any atom is 0.336 e. The number of aromatic carboxylic acids is 1. The van der Waals surface area contributed by atoms with E-state index in [9.17, 15) is 4.79 Å². The molecule has 0 aliphatic rings. The van der Waals surface area contributed by atoms with Crippen molar-refractivity contribution in [2.45, 2.75) is 0 Å². The largest absolute Gasteiger partial charge is 0.478 e. The van der Waals surface area contributed by atoms with Gasteiger partial charge in [-0.2, -0.15) is 0 Å². The monoisotopic (exact) mass is 172 g/mol. The van der Waals surface area contributed by atoms with Gasteiger partial charge >= 0.3 is 5.97 Å². The van der Waals surface area contributed by atoms with E-state index >= 15 is 0 Å². The number of para-hydroxylation sites is 1. The Morgan fingerprint density at radius 2 is 2.15 bits per heavy atom. The Hall–Kier alpha value is -1.90. The highest BCUT2D eigenvalue weighted by Crippen LogP contribution is 2.15. The lowest BCUT2D eigenvalue weighted by molar-refractivity contribution is 0.0699. The summed E-state index contributed by atoms with van der Waals surface area (Å²) in [6.45, 7) is 0. The second-order valence-corrected chi connectivity index (χ2v) is 2.62. The highest BCUT2D eigenvalue weighted by Gasteiger charge is 2.07. The minimum absolute atomic E-state index is 0.241. The number of pyridine rings is 1. The summed E-state index contributed by atoms with van der Waals surface area (Å²) >= 11 is 0. The number of carboxylic acid groups (broad SMARTS) is 1. The van der Waals surface area contributed by atoms with E-state index in [4.69, 9.17) is 5.11 Å². The minimum atomic E-state index is -0.949. The lowest BCUT2D eigenvalue weighted by atomic mass is 10.1. The van der Waals surface area contributed by atoms with Gasteiger partial charge in [-0.25, -0.2) is 9.78 Å². The zero-order valence-corrected chi connectivity index (χ0v) is 6.69. The molecule has 0 bridgehead atoms. The summed E-state index contributed by atoms with van der Waals surface area (Å²) in [4.78, 5) is 14.7. The Labute approximate surface area is 74.7 Å². The first kappa shape index (κ1) is 7.73. The molecule has 1 aromatic carbocycles. The second-order valence-electron chi connectivity index (χ2n) is 2.62. The van der Waals surface area contributed by atoms with Crippen molar-refractivity contribution in [3.8, 4) is 0 Å². The molecule has 0 saturated carbocycles. The standard InChI is InChI=1S/C10H6NO2/c12-10(13)8-5-6-11-9-4-2-1-3-7(8)9/h1-5H,(H,12,13). The van der Waals surface area contributed by atoms with Gasteiger partial charge in [0, 0.05) is 5.39 Å². The molecule has 13 heavy (non-hydrogen) atoms.